The van der Waals surface area contributed by atoms with Crippen molar-refractivity contribution in [2.45, 2.75) is 38.2 Å². The van der Waals surface area contributed by atoms with Crippen LogP contribution in [0.25, 0.3) is 0 Å². The van der Waals surface area contributed by atoms with E-state index in [4.69, 9.17) is 4.74 Å². The van der Waals surface area contributed by atoms with E-state index in [1.165, 1.54) is 0 Å². The van der Waals surface area contributed by atoms with Crippen LogP contribution in [0.4, 0.5) is 5.69 Å². The summed E-state index contributed by atoms with van der Waals surface area (Å²) in [7, 11) is 0. The Balaban J connectivity index is 1.78. The summed E-state index contributed by atoms with van der Waals surface area (Å²) >= 11 is 0. The maximum Gasteiger partial charge on any atom is 0.230 e. The van der Waals surface area contributed by atoms with Gasteiger partial charge in [-0.25, -0.2) is 0 Å². The van der Waals surface area contributed by atoms with E-state index in [9.17, 15) is 9.59 Å². The predicted octanol–water partition coefficient (Wildman–Crippen LogP) is 2.14. The average Bonchev–Trinajstić information content (AvgIpc) is 2.54. The van der Waals surface area contributed by atoms with Crippen molar-refractivity contribution in [3.63, 3.8) is 0 Å². The number of carbonyl (C=O) groups is 2. The topological polar surface area (TPSA) is 58.6 Å². The Morgan fingerprint density at radius 3 is 3.05 bits per heavy atom. The number of ether oxygens (including phenoxy) is 1. The molecule has 3 rings (SSSR count). The number of carbonyl (C=O) groups excluding carboxylic acids is 2. The molecule has 5 heteroatoms. The van der Waals surface area contributed by atoms with E-state index in [2.05, 4.69) is 5.32 Å². The minimum atomic E-state index is -0.370. The lowest BCUT2D eigenvalue weighted by molar-refractivity contribution is -0.138. The minimum Gasteiger partial charge on any atom is -0.377 e. The van der Waals surface area contributed by atoms with E-state index < -0.39 is 0 Å². The summed E-state index contributed by atoms with van der Waals surface area (Å²) in [6.45, 7) is 4.03. The molecule has 1 N–H and O–H groups in total. The molecule has 5 nitrogen and oxygen atoms in total. The Hall–Kier alpha value is -1.88. The van der Waals surface area contributed by atoms with Crippen molar-refractivity contribution in [3.8, 4) is 0 Å². The van der Waals surface area contributed by atoms with Gasteiger partial charge in [-0.15, -0.1) is 0 Å². The van der Waals surface area contributed by atoms with Gasteiger partial charge in [-0.2, -0.15) is 0 Å². The van der Waals surface area contributed by atoms with Gasteiger partial charge < -0.3 is 15.0 Å². The lowest BCUT2D eigenvalue weighted by atomic mass is 9.88. The molecular weight excluding hydrogens is 280 g/mol. The van der Waals surface area contributed by atoms with E-state index in [0.717, 1.165) is 30.6 Å². The fourth-order valence-corrected chi connectivity index (χ4v) is 3.36. The van der Waals surface area contributed by atoms with Gasteiger partial charge in [0, 0.05) is 31.8 Å². The number of hydrogen-bond donors (Lipinski definition) is 1. The van der Waals surface area contributed by atoms with Crippen molar-refractivity contribution in [2.75, 3.05) is 25.0 Å². The van der Waals surface area contributed by atoms with Gasteiger partial charge in [-0.05, 0) is 31.4 Å². The maximum atomic E-state index is 12.9. The molecule has 2 aliphatic heterocycles. The molecule has 0 bridgehead atoms. The van der Waals surface area contributed by atoms with Crippen LogP contribution >= 0.6 is 0 Å². The first-order valence-corrected chi connectivity index (χ1v) is 7.98. The molecule has 2 amide bonds. The predicted molar refractivity (Wildman–Crippen MR) is 83.7 cm³/mol. The number of nitrogens with one attached hydrogen (secondary N) is 1. The van der Waals surface area contributed by atoms with E-state index in [1.54, 1.807) is 0 Å². The Morgan fingerprint density at radius 1 is 1.41 bits per heavy atom. The lowest BCUT2D eigenvalue weighted by Crippen LogP contribution is -2.46. The van der Waals surface area contributed by atoms with Crippen LogP contribution in [0.3, 0.4) is 0 Å². The molecule has 0 aliphatic carbocycles. The second-order valence-electron chi connectivity index (χ2n) is 5.90. The van der Waals surface area contributed by atoms with Crippen LogP contribution in [0.5, 0.6) is 0 Å². The summed E-state index contributed by atoms with van der Waals surface area (Å²) in [6.07, 6.45) is 2.30. The summed E-state index contributed by atoms with van der Waals surface area (Å²) < 4.78 is 5.67. The summed E-state index contributed by atoms with van der Waals surface area (Å²) in [4.78, 5) is 26.7. The number of likely N-dealkylation sites (tertiary alicyclic amines) is 1. The van der Waals surface area contributed by atoms with Gasteiger partial charge in [0.2, 0.25) is 11.8 Å². The fourth-order valence-electron chi connectivity index (χ4n) is 3.36. The van der Waals surface area contributed by atoms with Gasteiger partial charge in [0.05, 0.1) is 12.0 Å². The zero-order valence-corrected chi connectivity index (χ0v) is 12.9. The van der Waals surface area contributed by atoms with Gasteiger partial charge in [-0.3, -0.25) is 9.59 Å². The first kappa shape index (κ1) is 15.0. The van der Waals surface area contributed by atoms with Crippen LogP contribution in [-0.2, 0) is 14.3 Å². The molecule has 2 heterocycles. The van der Waals surface area contributed by atoms with Gasteiger partial charge in [-0.1, -0.05) is 18.2 Å². The van der Waals surface area contributed by atoms with E-state index in [1.807, 2.05) is 36.1 Å². The second kappa shape index (κ2) is 6.48. The third-order valence-electron chi connectivity index (χ3n) is 4.39. The Morgan fingerprint density at radius 2 is 2.23 bits per heavy atom. The molecule has 0 saturated carbocycles. The van der Waals surface area contributed by atoms with Crippen LogP contribution in [0.2, 0.25) is 0 Å². The number of benzene rings is 1. The minimum absolute atomic E-state index is 0.0479. The Bertz CT molecular complexity index is 571. The molecular formula is C17H22N2O3. The Labute approximate surface area is 130 Å². The number of rotatable bonds is 3. The highest BCUT2D eigenvalue weighted by atomic mass is 16.5. The van der Waals surface area contributed by atoms with Crippen molar-refractivity contribution in [1.29, 1.82) is 0 Å². The van der Waals surface area contributed by atoms with Gasteiger partial charge in [0.25, 0.3) is 0 Å². The van der Waals surface area contributed by atoms with E-state index in [0.29, 0.717) is 13.2 Å². The van der Waals surface area contributed by atoms with Crippen LogP contribution in [-0.4, -0.2) is 42.5 Å². The normalized spacial score (nSPS) is 24.6. The smallest absolute Gasteiger partial charge is 0.230 e. The van der Waals surface area contributed by atoms with Crippen LogP contribution in [0.1, 0.15) is 37.7 Å². The van der Waals surface area contributed by atoms with Crippen LogP contribution in [0, 0.1) is 0 Å². The number of amides is 2. The van der Waals surface area contributed by atoms with E-state index in [-0.39, 0.29) is 30.3 Å². The van der Waals surface area contributed by atoms with Crippen molar-refractivity contribution in [1.82, 2.24) is 4.90 Å². The molecule has 1 aromatic rings. The number of piperidine rings is 1. The lowest BCUT2D eigenvalue weighted by Gasteiger charge is -2.36. The second-order valence-corrected chi connectivity index (χ2v) is 5.90. The van der Waals surface area contributed by atoms with Gasteiger partial charge >= 0.3 is 0 Å². The van der Waals surface area contributed by atoms with Crippen LogP contribution in [0.15, 0.2) is 24.3 Å². The third kappa shape index (κ3) is 2.99. The number of nitrogens with zero attached hydrogens (tertiary/aromatic N) is 1. The molecule has 1 fully saturated rings. The SMILES string of the molecule is CCO[C@H]1CCCN(C(=O)[C@@H]2CC(=O)Nc3ccccc32)C1. The van der Waals surface area contributed by atoms with Crippen molar-refractivity contribution in [2.24, 2.45) is 0 Å². The number of hydrogen-bond acceptors (Lipinski definition) is 3. The molecule has 0 unspecified atom stereocenters. The van der Waals surface area contributed by atoms with Gasteiger partial charge in [0.15, 0.2) is 0 Å². The van der Waals surface area contributed by atoms with E-state index >= 15 is 0 Å². The first-order valence-electron chi connectivity index (χ1n) is 7.98. The third-order valence-corrected chi connectivity index (χ3v) is 4.39. The largest absolute Gasteiger partial charge is 0.377 e. The summed E-state index contributed by atoms with van der Waals surface area (Å²) in [5, 5.41) is 2.84. The molecule has 22 heavy (non-hydrogen) atoms. The molecule has 2 atom stereocenters. The molecule has 2 aliphatic rings. The average molecular weight is 302 g/mol. The van der Waals surface area contributed by atoms with Crippen molar-refractivity contribution < 1.29 is 14.3 Å². The summed E-state index contributed by atoms with van der Waals surface area (Å²) in [6, 6.07) is 7.57. The molecule has 0 aromatic heterocycles. The zero-order chi connectivity index (χ0) is 15.5. The number of fused-ring (bicyclic) bond motifs is 1. The highest BCUT2D eigenvalue weighted by Gasteiger charge is 2.35. The fraction of sp³-hybridized carbons (Fsp3) is 0.529. The quantitative estimate of drug-likeness (QED) is 0.930. The van der Waals surface area contributed by atoms with Crippen LogP contribution < -0.4 is 5.32 Å². The molecule has 0 radical (unpaired) electrons. The Kier molecular flexibility index (Phi) is 4.43. The van der Waals surface area contributed by atoms with Crippen molar-refractivity contribution in [3.05, 3.63) is 29.8 Å². The molecule has 1 saturated heterocycles. The van der Waals surface area contributed by atoms with Crippen molar-refractivity contribution >= 4 is 17.5 Å². The number of para-hydroxylation sites is 1. The summed E-state index contributed by atoms with van der Waals surface area (Å²) in [5.74, 6) is -0.410. The monoisotopic (exact) mass is 302 g/mol. The first-order chi connectivity index (χ1) is 10.7. The highest BCUT2D eigenvalue weighted by molar-refractivity contribution is 6.01. The molecule has 0 spiro atoms. The molecule has 1 aromatic carbocycles. The standard InChI is InChI=1S/C17H22N2O3/c1-2-22-12-6-5-9-19(11-12)17(21)14-10-16(20)18-15-8-4-3-7-13(14)15/h3-4,7-8,12,14H,2,5-6,9-11H2,1H3,(H,18,20)/t12-,14+/m0/s1. The highest BCUT2D eigenvalue weighted by Crippen LogP contribution is 2.34. The van der Waals surface area contributed by atoms with Gasteiger partial charge in [0.1, 0.15) is 0 Å². The summed E-state index contributed by atoms with van der Waals surface area (Å²) in [5.41, 5.74) is 1.68. The maximum absolute atomic E-state index is 12.9. The number of anilines is 1. The molecule has 118 valence electrons. The zero-order valence-electron chi connectivity index (χ0n) is 12.9.